The van der Waals surface area contributed by atoms with Crippen LogP contribution in [0.15, 0.2) is 12.5 Å². The molecule has 156 valence electrons. The first-order valence-electron chi connectivity index (χ1n) is 8.29. The quantitative estimate of drug-likeness (QED) is 0.319. The lowest BCUT2D eigenvalue weighted by molar-refractivity contribution is -0.0505. The summed E-state index contributed by atoms with van der Waals surface area (Å²) in [4.78, 5) is 36.3. The third-order valence-electron chi connectivity index (χ3n) is 4.29. The van der Waals surface area contributed by atoms with Crippen LogP contribution in [0.5, 0.6) is 0 Å². The number of aliphatic hydroxyl groups is 2. The molecule has 0 amide bonds. The molecular weight excluding hydrogens is 427 g/mol. The summed E-state index contributed by atoms with van der Waals surface area (Å²) in [5.74, 6) is -0.0770. The molecule has 4 heterocycles. The third kappa shape index (κ3) is 3.76. The van der Waals surface area contributed by atoms with E-state index in [1.165, 1.54) is 22.2 Å². The van der Waals surface area contributed by atoms with Gasteiger partial charge in [-0.25, -0.2) is 19.5 Å². The number of nitrogens with two attached hydrogens (primary N) is 1. The zero-order valence-electron chi connectivity index (χ0n) is 14.9. The van der Waals surface area contributed by atoms with Gasteiger partial charge in [0, 0.05) is 11.1 Å². The van der Waals surface area contributed by atoms with Crippen molar-refractivity contribution in [2.75, 3.05) is 12.3 Å². The minimum Gasteiger partial charge on any atom is -0.394 e. The number of aryl methyl sites for hydroxylation is 1. The molecular formula is C14H17N6O7PS. The van der Waals surface area contributed by atoms with Crippen LogP contribution in [0.2, 0.25) is 0 Å². The summed E-state index contributed by atoms with van der Waals surface area (Å²) in [7, 11) is -4.97. The Morgan fingerprint density at radius 3 is 2.76 bits per heavy atom. The smallest absolute Gasteiger partial charge is 0.394 e. The second-order valence-corrected chi connectivity index (χ2v) is 8.76. The molecule has 1 saturated heterocycles. The maximum absolute atomic E-state index is 11.4. The lowest BCUT2D eigenvalue weighted by Crippen LogP contribution is -2.34. The number of phosphoric ester groups is 1. The van der Waals surface area contributed by atoms with Crippen LogP contribution in [-0.2, 0) is 13.8 Å². The van der Waals surface area contributed by atoms with E-state index in [0.29, 0.717) is 16.2 Å². The van der Waals surface area contributed by atoms with Crippen LogP contribution >= 0.6 is 19.2 Å². The molecule has 3 aromatic rings. The molecule has 15 heteroatoms. The van der Waals surface area contributed by atoms with E-state index in [1.807, 2.05) is 6.92 Å². The molecule has 0 unspecified atom stereocenters. The molecule has 0 aromatic carbocycles. The van der Waals surface area contributed by atoms with Gasteiger partial charge in [0.05, 0.1) is 12.9 Å². The predicted octanol–water partition coefficient (Wildman–Crippen LogP) is -0.431. The lowest BCUT2D eigenvalue weighted by Gasteiger charge is -2.22. The third-order valence-corrected chi connectivity index (χ3v) is 5.73. The van der Waals surface area contributed by atoms with Gasteiger partial charge in [0.15, 0.2) is 11.9 Å². The van der Waals surface area contributed by atoms with Crippen molar-refractivity contribution in [3.8, 4) is 10.7 Å². The summed E-state index contributed by atoms with van der Waals surface area (Å²) in [6.07, 6.45) is -2.39. The zero-order valence-corrected chi connectivity index (χ0v) is 16.6. The number of imidazole rings is 1. The van der Waals surface area contributed by atoms with E-state index in [1.54, 1.807) is 6.20 Å². The minimum absolute atomic E-state index is 0.0770. The highest BCUT2D eigenvalue weighted by molar-refractivity contribution is 7.46. The van der Waals surface area contributed by atoms with E-state index in [-0.39, 0.29) is 11.6 Å². The Morgan fingerprint density at radius 2 is 2.14 bits per heavy atom. The maximum atomic E-state index is 11.4. The highest BCUT2D eigenvalue weighted by Crippen LogP contribution is 2.45. The molecule has 1 aliphatic heterocycles. The Morgan fingerprint density at radius 1 is 1.38 bits per heavy atom. The van der Waals surface area contributed by atoms with Crippen LogP contribution in [-0.4, -0.2) is 69.4 Å². The second-order valence-electron chi connectivity index (χ2n) is 6.33. The highest BCUT2D eigenvalue weighted by Gasteiger charge is 2.48. The van der Waals surface area contributed by atoms with Crippen molar-refractivity contribution in [3.05, 3.63) is 17.4 Å². The maximum Gasteiger partial charge on any atom is 0.470 e. The van der Waals surface area contributed by atoms with E-state index in [4.69, 9.17) is 15.0 Å². The van der Waals surface area contributed by atoms with Crippen LogP contribution in [0.3, 0.4) is 0 Å². The van der Waals surface area contributed by atoms with Gasteiger partial charge in [0.2, 0.25) is 5.95 Å². The summed E-state index contributed by atoms with van der Waals surface area (Å²) < 4.78 is 23.0. The van der Waals surface area contributed by atoms with Crippen LogP contribution in [0.4, 0.5) is 5.95 Å². The largest absolute Gasteiger partial charge is 0.470 e. The van der Waals surface area contributed by atoms with Gasteiger partial charge < -0.3 is 30.5 Å². The van der Waals surface area contributed by atoms with Crippen molar-refractivity contribution in [2.24, 2.45) is 0 Å². The van der Waals surface area contributed by atoms with Gasteiger partial charge in [0.25, 0.3) is 0 Å². The van der Waals surface area contributed by atoms with Crippen LogP contribution < -0.4 is 5.73 Å². The fraction of sp³-hybridized carbons (Fsp3) is 0.429. The Kier molecular flexibility index (Phi) is 5.13. The fourth-order valence-electron chi connectivity index (χ4n) is 3.10. The molecule has 0 bridgehead atoms. The molecule has 1 fully saturated rings. The standard InChI is InChI=1S/C14H17N6O7PS/c1-5-2-16-12(29-5)8-7-11(19-14(15)18-8)20(4-17-7)13-10(27-28(23,24)25)9(22)6(3-21)26-13/h2,4,6,9-10,13,21-22H,3H2,1H3,(H2,15,18,19)(H2,23,24,25)/t6-,9-,10-,13-/m1/s1. The molecule has 3 aromatic heterocycles. The lowest BCUT2D eigenvalue weighted by atomic mass is 10.1. The van der Waals surface area contributed by atoms with Gasteiger partial charge in [-0.15, -0.1) is 11.3 Å². The average molecular weight is 444 g/mol. The molecule has 4 rings (SSSR count). The SMILES string of the molecule is Cc1cnc(-c2nc(N)nc3c2ncn3[C@@H]2O[C@H](CO)[C@@H](O)[C@H]2OP(=O)(O)O)s1. The van der Waals surface area contributed by atoms with E-state index in [0.717, 1.165) is 4.88 Å². The van der Waals surface area contributed by atoms with Gasteiger partial charge in [-0.05, 0) is 6.92 Å². The Balaban J connectivity index is 1.83. The number of thiazole rings is 1. The number of hydrogen-bond acceptors (Lipinski definition) is 11. The van der Waals surface area contributed by atoms with Crippen molar-refractivity contribution in [3.63, 3.8) is 0 Å². The second kappa shape index (κ2) is 7.34. The highest BCUT2D eigenvalue weighted by atomic mass is 32.1. The normalized spacial score (nSPS) is 25.1. The zero-order chi connectivity index (χ0) is 20.9. The molecule has 13 nitrogen and oxygen atoms in total. The number of anilines is 1. The summed E-state index contributed by atoms with van der Waals surface area (Å²) in [6, 6.07) is 0. The Hall–Kier alpha value is -2.03. The molecule has 0 spiro atoms. The number of aliphatic hydroxyl groups excluding tert-OH is 2. The number of aromatic nitrogens is 5. The van der Waals surface area contributed by atoms with Gasteiger partial charge in [0.1, 0.15) is 34.5 Å². The predicted molar refractivity (Wildman–Crippen MR) is 99.5 cm³/mol. The molecule has 0 saturated carbocycles. The number of hydrogen-bond donors (Lipinski definition) is 5. The molecule has 1 aliphatic rings. The topological polar surface area (TPSA) is 199 Å². The van der Waals surface area contributed by atoms with Gasteiger partial charge in [-0.2, -0.15) is 4.98 Å². The van der Waals surface area contributed by atoms with Gasteiger partial charge in [-0.3, -0.25) is 9.09 Å². The molecule has 0 aliphatic carbocycles. The molecule has 4 atom stereocenters. The summed E-state index contributed by atoms with van der Waals surface area (Å²) >= 11 is 1.38. The van der Waals surface area contributed by atoms with Crippen molar-refractivity contribution in [2.45, 2.75) is 31.5 Å². The first kappa shape index (κ1) is 20.3. The van der Waals surface area contributed by atoms with Crippen molar-refractivity contribution < 1.29 is 33.8 Å². The fourth-order valence-corrected chi connectivity index (χ4v) is 4.40. The number of ether oxygens (including phenoxy) is 1. The van der Waals surface area contributed by atoms with E-state index in [2.05, 4.69) is 19.9 Å². The van der Waals surface area contributed by atoms with Gasteiger partial charge >= 0.3 is 7.82 Å². The van der Waals surface area contributed by atoms with Crippen molar-refractivity contribution in [1.82, 2.24) is 24.5 Å². The summed E-state index contributed by atoms with van der Waals surface area (Å²) in [5.41, 5.74) is 6.74. The number of rotatable bonds is 5. The Bertz CT molecular complexity index is 1100. The monoisotopic (exact) mass is 444 g/mol. The molecule has 0 radical (unpaired) electrons. The molecule has 29 heavy (non-hydrogen) atoms. The Labute approximate surface area is 167 Å². The summed E-state index contributed by atoms with van der Waals surface area (Å²) in [5, 5.41) is 20.3. The van der Waals surface area contributed by atoms with Crippen molar-refractivity contribution in [1.29, 1.82) is 0 Å². The first-order chi connectivity index (χ1) is 13.7. The number of nitrogens with zero attached hydrogens (tertiary/aromatic N) is 5. The number of phosphoric acid groups is 1. The number of fused-ring (bicyclic) bond motifs is 1. The number of nitrogen functional groups attached to an aromatic ring is 1. The van der Waals surface area contributed by atoms with Crippen LogP contribution in [0.25, 0.3) is 21.9 Å². The summed E-state index contributed by atoms with van der Waals surface area (Å²) in [6.45, 7) is 1.29. The average Bonchev–Trinajstić information content (AvgIpc) is 3.32. The van der Waals surface area contributed by atoms with E-state index in [9.17, 15) is 24.6 Å². The van der Waals surface area contributed by atoms with Gasteiger partial charge in [-0.1, -0.05) is 0 Å². The van der Waals surface area contributed by atoms with Crippen molar-refractivity contribution >= 4 is 36.3 Å². The molecule has 6 N–H and O–H groups in total. The first-order valence-corrected chi connectivity index (χ1v) is 10.6. The minimum atomic E-state index is -4.97. The van der Waals surface area contributed by atoms with E-state index >= 15 is 0 Å². The van der Waals surface area contributed by atoms with Crippen LogP contribution in [0.1, 0.15) is 11.1 Å². The van der Waals surface area contributed by atoms with E-state index < -0.39 is 39.0 Å². The van der Waals surface area contributed by atoms with Crippen LogP contribution in [0, 0.1) is 6.92 Å².